The summed E-state index contributed by atoms with van der Waals surface area (Å²) >= 11 is 0. The van der Waals surface area contributed by atoms with Crippen molar-refractivity contribution in [2.45, 2.75) is 18.9 Å². The summed E-state index contributed by atoms with van der Waals surface area (Å²) < 4.78 is 21.9. The van der Waals surface area contributed by atoms with Crippen LogP contribution in [0, 0.1) is 0 Å². The average Bonchev–Trinajstić information content (AvgIpc) is 3.21. The Labute approximate surface area is 163 Å². The zero-order chi connectivity index (χ0) is 18.9. The minimum absolute atomic E-state index is 0.0203. The molecule has 0 aromatic heterocycles. The van der Waals surface area contributed by atoms with Crippen LogP contribution in [0.25, 0.3) is 0 Å². The molecule has 5 rings (SSSR count). The van der Waals surface area contributed by atoms with E-state index in [4.69, 9.17) is 18.9 Å². The van der Waals surface area contributed by atoms with Crippen molar-refractivity contribution in [3.63, 3.8) is 0 Å². The van der Waals surface area contributed by atoms with Gasteiger partial charge in [-0.05, 0) is 43.2 Å². The molecule has 1 N–H and O–H groups in total. The fraction of sp³-hybridized carbons (Fsp3) is 0.381. The molecule has 0 radical (unpaired) electrons. The third-order valence-electron chi connectivity index (χ3n) is 5.24. The molecule has 1 saturated heterocycles. The first-order valence-corrected chi connectivity index (χ1v) is 9.61. The standard InChI is InChI=1S/C21H22N2O5/c24-21(14-3-5-18-19(10-14)28-13-27-18)23-7-1-2-16(12-23)22-15-4-6-17-20(11-15)26-9-8-25-17/h3-6,10-11,16,22H,1-2,7-9,12-13H2/t16-/m1/s1. The zero-order valence-electron chi connectivity index (χ0n) is 15.5. The van der Waals surface area contributed by atoms with Gasteiger partial charge in [0.1, 0.15) is 13.2 Å². The maximum absolute atomic E-state index is 13.0. The molecule has 7 heteroatoms. The Kier molecular flexibility index (Phi) is 4.35. The normalized spacial score (nSPS) is 20.0. The van der Waals surface area contributed by atoms with Crippen LogP contribution in [0.4, 0.5) is 5.69 Å². The molecular weight excluding hydrogens is 360 g/mol. The number of hydrogen-bond acceptors (Lipinski definition) is 6. The molecule has 7 nitrogen and oxygen atoms in total. The topological polar surface area (TPSA) is 69.3 Å². The van der Waals surface area contributed by atoms with E-state index in [1.54, 1.807) is 18.2 Å². The van der Waals surface area contributed by atoms with Gasteiger partial charge < -0.3 is 29.2 Å². The highest BCUT2D eigenvalue weighted by Gasteiger charge is 2.26. The quantitative estimate of drug-likeness (QED) is 0.880. The highest BCUT2D eigenvalue weighted by molar-refractivity contribution is 5.95. The van der Waals surface area contributed by atoms with E-state index in [9.17, 15) is 4.79 Å². The van der Waals surface area contributed by atoms with Gasteiger partial charge in [-0.25, -0.2) is 0 Å². The molecule has 28 heavy (non-hydrogen) atoms. The van der Waals surface area contributed by atoms with Crippen molar-refractivity contribution in [3.05, 3.63) is 42.0 Å². The van der Waals surface area contributed by atoms with Gasteiger partial charge in [-0.1, -0.05) is 0 Å². The van der Waals surface area contributed by atoms with Crippen molar-refractivity contribution < 1.29 is 23.7 Å². The number of fused-ring (bicyclic) bond motifs is 2. The van der Waals surface area contributed by atoms with Crippen LogP contribution < -0.4 is 24.3 Å². The average molecular weight is 382 g/mol. The second kappa shape index (κ2) is 7.14. The molecule has 1 fully saturated rings. The summed E-state index contributed by atoms with van der Waals surface area (Å²) in [6.07, 6.45) is 1.97. The van der Waals surface area contributed by atoms with E-state index in [1.807, 2.05) is 23.1 Å². The van der Waals surface area contributed by atoms with Crippen molar-refractivity contribution in [3.8, 4) is 23.0 Å². The van der Waals surface area contributed by atoms with Crippen molar-refractivity contribution in [2.75, 3.05) is 38.4 Å². The molecule has 0 saturated carbocycles. The Morgan fingerprint density at radius 3 is 2.61 bits per heavy atom. The van der Waals surface area contributed by atoms with E-state index in [0.29, 0.717) is 36.8 Å². The molecule has 2 aromatic rings. The minimum Gasteiger partial charge on any atom is -0.486 e. The third kappa shape index (κ3) is 3.28. The first-order valence-electron chi connectivity index (χ1n) is 9.61. The van der Waals surface area contributed by atoms with Gasteiger partial charge in [-0.3, -0.25) is 4.79 Å². The lowest BCUT2D eigenvalue weighted by atomic mass is 10.0. The van der Waals surface area contributed by atoms with Gasteiger partial charge in [0.25, 0.3) is 5.91 Å². The smallest absolute Gasteiger partial charge is 0.254 e. The summed E-state index contributed by atoms with van der Waals surface area (Å²) in [5.74, 6) is 2.88. The number of carbonyl (C=O) groups is 1. The molecule has 1 atom stereocenters. The summed E-state index contributed by atoms with van der Waals surface area (Å²) in [7, 11) is 0. The number of likely N-dealkylation sites (tertiary alicyclic amines) is 1. The van der Waals surface area contributed by atoms with Gasteiger partial charge in [0.2, 0.25) is 6.79 Å². The van der Waals surface area contributed by atoms with Gasteiger partial charge in [0.15, 0.2) is 23.0 Å². The SMILES string of the molecule is O=C(c1ccc2c(c1)OCO2)N1CCC[C@@H](Nc2ccc3c(c2)OCCO3)C1. The van der Waals surface area contributed by atoms with Crippen molar-refractivity contribution in [1.82, 2.24) is 4.90 Å². The summed E-state index contributed by atoms with van der Waals surface area (Å²) in [6.45, 7) is 2.77. The number of hydrogen-bond donors (Lipinski definition) is 1. The first-order chi connectivity index (χ1) is 13.8. The zero-order valence-corrected chi connectivity index (χ0v) is 15.5. The van der Waals surface area contributed by atoms with E-state index in [2.05, 4.69) is 5.32 Å². The molecule has 3 aliphatic rings. The lowest BCUT2D eigenvalue weighted by Gasteiger charge is -2.34. The number of rotatable bonds is 3. The number of carbonyl (C=O) groups excluding carboxylic acids is 1. The van der Waals surface area contributed by atoms with E-state index in [-0.39, 0.29) is 18.7 Å². The van der Waals surface area contributed by atoms with Crippen molar-refractivity contribution >= 4 is 11.6 Å². The predicted octanol–water partition coefficient (Wildman–Crippen LogP) is 2.90. The van der Waals surface area contributed by atoms with Crippen LogP contribution in [0.2, 0.25) is 0 Å². The Morgan fingerprint density at radius 2 is 1.68 bits per heavy atom. The number of amides is 1. The Bertz CT molecular complexity index is 900. The highest BCUT2D eigenvalue weighted by Crippen LogP contribution is 2.34. The maximum Gasteiger partial charge on any atom is 0.254 e. The summed E-state index contributed by atoms with van der Waals surface area (Å²) in [4.78, 5) is 14.9. The second-order valence-electron chi connectivity index (χ2n) is 7.16. The van der Waals surface area contributed by atoms with Crippen LogP contribution in [-0.2, 0) is 0 Å². The largest absolute Gasteiger partial charge is 0.486 e. The number of nitrogens with zero attached hydrogens (tertiary/aromatic N) is 1. The lowest BCUT2D eigenvalue weighted by molar-refractivity contribution is 0.0714. The van der Waals surface area contributed by atoms with E-state index in [1.165, 1.54) is 0 Å². The molecule has 0 aliphatic carbocycles. The Balaban J connectivity index is 1.26. The fourth-order valence-corrected chi connectivity index (χ4v) is 3.86. The molecule has 2 aromatic carbocycles. The van der Waals surface area contributed by atoms with Crippen LogP contribution >= 0.6 is 0 Å². The summed E-state index contributed by atoms with van der Waals surface area (Å²) in [5.41, 5.74) is 1.61. The number of benzene rings is 2. The summed E-state index contributed by atoms with van der Waals surface area (Å²) in [5, 5.41) is 3.53. The van der Waals surface area contributed by atoms with Gasteiger partial charge >= 0.3 is 0 Å². The molecule has 146 valence electrons. The number of piperidine rings is 1. The number of ether oxygens (including phenoxy) is 4. The monoisotopic (exact) mass is 382 g/mol. The molecular formula is C21H22N2O5. The van der Waals surface area contributed by atoms with Crippen molar-refractivity contribution in [2.24, 2.45) is 0 Å². The third-order valence-corrected chi connectivity index (χ3v) is 5.24. The number of anilines is 1. The number of nitrogens with one attached hydrogen (secondary N) is 1. The van der Waals surface area contributed by atoms with Gasteiger partial charge in [0, 0.05) is 36.4 Å². The predicted molar refractivity (Wildman–Crippen MR) is 103 cm³/mol. The van der Waals surface area contributed by atoms with Gasteiger partial charge in [0.05, 0.1) is 0 Å². The first kappa shape index (κ1) is 17.0. The van der Waals surface area contributed by atoms with Crippen LogP contribution in [0.1, 0.15) is 23.2 Å². The van der Waals surface area contributed by atoms with Gasteiger partial charge in [-0.2, -0.15) is 0 Å². The van der Waals surface area contributed by atoms with E-state index < -0.39 is 0 Å². The van der Waals surface area contributed by atoms with Crippen LogP contribution in [0.5, 0.6) is 23.0 Å². The summed E-state index contributed by atoms with van der Waals surface area (Å²) in [6, 6.07) is 11.4. The fourth-order valence-electron chi connectivity index (χ4n) is 3.86. The molecule has 0 bridgehead atoms. The minimum atomic E-state index is 0.0203. The molecule has 0 unspecified atom stereocenters. The van der Waals surface area contributed by atoms with Crippen molar-refractivity contribution in [1.29, 1.82) is 0 Å². The van der Waals surface area contributed by atoms with E-state index in [0.717, 1.165) is 36.6 Å². The molecule has 3 aliphatic heterocycles. The maximum atomic E-state index is 13.0. The van der Waals surface area contributed by atoms with Crippen LogP contribution in [0.15, 0.2) is 36.4 Å². The second-order valence-corrected chi connectivity index (χ2v) is 7.16. The van der Waals surface area contributed by atoms with E-state index >= 15 is 0 Å². The molecule has 0 spiro atoms. The Morgan fingerprint density at radius 1 is 0.929 bits per heavy atom. The van der Waals surface area contributed by atoms with Crippen LogP contribution in [0.3, 0.4) is 0 Å². The highest BCUT2D eigenvalue weighted by atomic mass is 16.7. The lowest BCUT2D eigenvalue weighted by Crippen LogP contribution is -2.45. The molecule has 3 heterocycles. The Hall–Kier alpha value is -3.09. The van der Waals surface area contributed by atoms with Crippen LogP contribution in [-0.4, -0.2) is 49.9 Å². The molecule has 1 amide bonds. The van der Waals surface area contributed by atoms with Gasteiger partial charge in [-0.15, -0.1) is 0 Å².